The van der Waals surface area contributed by atoms with Crippen LogP contribution in [0.1, 0.15) is 30.7 Å². The Morgan fingerprint density at radius 3 is 2.14 bits per heavy atom. The molecular weight excluding hydrogens is 689 g/mol. The maximum atomic E-state index is 14.9. The number of aromatic nitrogens is 3. The lowest BCUT2D eigenvalue weighted by molar-refractivity contribution is -0.104. The standard InChI is InChI=1S/C50H42N4O2/c1-5-53-44-24-15-13-19-38(44)41-32-48-39(20-10-8-7-9-11-22-45(41)53)50(56)42-31-35(27-28-55)51(3)49-34(30-47(42)52(48)4)17-16-21-36(49)33-25-26-46-40(29-33)37-18-12-14-23-43(37)54(46)6-2/h7-32H,5-6H2,1-4H3/b8-7+,9-7?,10-8?,11-9+,20-10-,22-11?,35-27-,39-20?,41-32-,42-31+,45-22+,47-30+,48-32?. The average Bonchev–Trinajstić information content (AvgIpc) is 3.70. The van der Waals surface area contributed by atoms with Crippen molar-refractivity contribution in [2.75, 3.05) is 11.9 Å². The fraction of sp³-hybridized carbons (Fsp3) is 0.120. The zero-order valence-corrected chi connectivity index (χ0v) is 32.0. The zero-order chi connectivity index (χ0) is 38.5. The summed E-state index contributed by atoms with van der Waals surface area (Å²) in [4.78, 5) is 29.3. The van der Waals surface area contributed by atoms with Crippen LogP contribution >= 0.6 is 0 Å². The van der Waals surface area contributed by atoms with Gasteiger partial charge < -0.3 is 18.6 Å². The zero-order valence-electron chi connectivity index (χ0n) is 32.0. The minimum absolute atomic E-state index is 0.106. The lowest BCUT2D eigenvalue weighted by Crippen LogP contribution is -2.48. The summed E-state index contributed by atoms with van der Waals surface area (Å²) in [6.45, 7) is 6.02. The van der Waals surface area contributed by atoms with Gasteiger partial charge in [-0.05, 0) is 74.1 Å². The van der Waals surface area contributed by atoms with E-state index < -0.39 is 0 Å². The average molecular weight is 731 g/mol. The van der Waals surface area contributed by atoms with Crippen LogP contribution in [0.2, 0.25) is 0 Å². The molecule has 0 spiro atoms. The van der Waals surface area contributed by atoms with E-state index in [2.05, 4.69) is 137 Å². The van der Waals surface area contributed by atoms with E-state index in [-0.39, 0.29) is 5.43 Å². The second-order valence-corrected chi connectivity index (χ2v) is 14.3. The normalized spacial score (nSPS) is 18.5. The molecule has 56 heavy (non-hydrogen) atoms. The molecule has 0 bridgehead atoms. The third-order valence-corrected chi connectivity index (χ3v) is 11.4. The Bertz CT molecular complexity index is 3230. The first-order valence-electron chi connectivity index (χ1n) is 19.2. The number of aldehydes is 1. The van der Waals surface area contributed by atoms with Crippen LogP contribution in [0.4, 0.5) is 5.69 Å². The van der Waals surface area contributed by atoms with Crippen LogP contribution in [0.5, 0.6) is 0 Å². The second-order valence-electron chi connectivity index (χ2n) is 14.3. The first-order valence-corrected chi connectivity index (χ1v) is 19.2. The van der Waals surface area contributed by atoms with Crippen molar-refractivity contribution in [2.24, 2.45) is 7.05 Å². The molecular formula is C50H42N4O2. The first kappa shape index (κ1) is 34.8. The lowest BCUT2D eigenvalue weighted by atomic mass is 9.95. The van der Waals surface area contributed by atoms with E-state index in [0.717, 1.165) is 74.3 Å². The third kappa shape index (κ3) is 5.48. The van der Waals surface area contributed by atoms with Gasteiger partial charge in [0.05, 0.1) is 16.7 Å². The predicted octanol–water partition coefficient (Wildman–Crippen LogP) is 7.05. The van der Waals surface area contributed by atoms with Gasteiger partial charge in [0.25, 0.3) is 0 Å². The topological polar surface area (TPSA) is 52.2 Å². The number of hydrogen-bond acceptors (Lipinski definition) is 3. The van der Waals surface area contributed by atoms with Gasteiger partial charge in [0.2, 0.25) is 0 Å². The van der Waals surface area contributed by atoms with Crippen molar-refractivity contribution in [3.05, 3.63) is 175 Å². The summed E-state index contributed by atoms with van der Waals surface area (Å²) >= 11 is 0. The number of carbonyl (C=O) groups excluding carboxylic acids is 1. The molecule has 0 saturated carbocycles. The SMILES string of the molecule is CCn1c2\c(c3ccccc31)=C/c1c(c(=O)c3/c(n1C)=C\c1cccc(-c4ccc5c(c4)c4ccccc4n5CC)c1N(C)C(=C/C=O)\C=3)\C=C/C=C/C=C/C=2. The predicted molar refractivity (Wildman–Crippen MR) is 234 cm³/mol. The number of hydrogen-bond donors (Lipinski definition) is 0. The molecule has 3 aromatic heterocycles. The smallest absolute Gasteiger partial charge is 0.197 e. The third-order valence-electron chi connectivity index (χ3n) is 11.4. The van der Waals surface area contributed by atoms with Crippen molar-refractivity contribution < 1.29 is 4.79 Å². The molecule has 9 rings (SSSR count). The van der Waals surface area contributed by atoms with Gasteiger partial charge in [-0.1, -0.05) is 91.0 Å². The van der Waals surface area contributed by atoms with Crippen molar-refractivity contribution >= 4 is 75.1 Å². The Labute approximate surface area is 324 Å². The van der Waals surface area contributed by atoms with Gasteiger partial charge in [0.1, 0.15) is 6.29 Å². The van der Waals surface area contributed by atoms with E-state index in [1.807, 2.05) is 55.5 Å². The fourth-order valence-corrected chi connectivity index (χ4v) is 8.77. The van der Waals surface area contributed by atoms with E-state index in [1.165, 1.54) is 21.8 Å². The van der Waals surface area contributed by atoms with Crippen LogP contribution < -0.4 is 31.5 Å². The van der Waals surface area contributed by atoms with Crippen molar-refractivity contribution in [1.29, 1.82) is 0 Å². The Kier molecular flexibility index (Phi) is 8.74. The number of allylic oxidation sites excluding steroid dienone is 7. The highest BCUT2D eigenvalue weighted by Crippen LogP contribution is 2.39. The van der Waals surface area contributed by atoms with Crippen LogP contribution in [0.15, 0.2) is 132 Å². The van der Waals surface area contributed by atoms with Gasteiger partial charge in [0, 0.05) is 104 Å². The molecule has 0 atom stereocenters. The highest BCUT2D eigenvalue weighted by molar-refractivity contribution is 6.10. The van der Waals surface area contributed by atoms with E-state index in [0.29, 0.717) is 16.5 Å². The number of fused-ring (bicyclic) bond motifs is 9. The monoisotopic (exact) mass is 730 g/mol. The van der Waals surface area contributed by atoms with Crippen molar-refractivity contribution in [2.45, 2.75) is 26.9 Å². The molecule has 0 unspecified atom stereocenters. The summed E-state index contributed by atoms with van der Waals surface area (Å²) < 4.78 is 6.81. The molecule has 274 valence electrons. The Hall–Kier alpha value is -6.92. The van der Waals surface area contributed by atoms with Gasteiger partial charge in [-0.2, -0.15) is 0 Å². The Balaban J connectivity index is 1.38. The number of benzene rings is 4. The molecule has 6 heteroatoms. The number of nitrogens with zero attached hydrogens (tertiary/aromatic N) is 4. The largest absolute Gasteiger partial charge is 0.344 e. The summed E-state index contributed by atoms with van der Waals surface area (Å²) in [5, 5.41) is 6.96. The molecule has 6 nitrogen and oxygen atoms in total. The lowest BCUT2D eigenvalue weighted by Gasteiger charge is -2.27. The van der Waals surface area contributed by atoms with Crippen LogP contribution in [0, 0.1) is 0 Å². The number of anilines is 1. The molecule has 1 aliphatic carbocycles. The summed E-state index contributed by atoms with van der Waals surface area (Å²) in [6.07, 6.45) is 22.5. The molecule has 0 N–H and O–H groups in total. The summed E-state index contributed by atoms with van der Waals surface area (Å²) in [6, 6.07) is 30.0. The molecule has 4 heterocycles. The maximum absolute atomic E-state index is 14.9. The van der Waals surface area contributed by atoms with Gasteiger partial charge in [-0.15, -0.1) is 0 Å². The van der Waals surface area contributed by atoms with Gasteiger partial charge in [-0.3, -0.25) is 9.59 Å². The molecule has 1 aliphatic heterocycles. The molecule has 0 radical (unpaired) electrons. The fourth-order valence-electron chi connectivity index (χ4n) is 8.77. The van der Waals surface area contributed by atoms with Crippen LogP contribution in [0.25, 0.3) is 74.2 Å². The minimum atomic E-state index is -0.106. The minimum Gasteiger partial charge on any atom is -0.344 e. The maximum Gasteiger partial charge on any atom is 0.197 e. The summed E-state index contributed by atoms with van der Waals surface area (Å²) in [5.41, 5.74) is 9.44. The quantitative estimate of drug-likeness (QED) is 0.144. The highest BCUT2D eigenvalue weighted by atomic mass is 16.1. The first-order chi connectivity index (χ1) is 27.4. The Morgan fingerprint density at radius 2 is 1.36 bits per heavy atom. The van der Waals surface area contributed by atoms with E-state index in [4.69, 9.17) is 0 Å². The van der Waals surface area contributed by atoms with Gasteiger partial charge >= 0.3 is 0 Å². The molecule has 7 aromatic rings. The summed E-state index contributed by atoms with van der Waals surface area (Å²) in [7, 11) is 4.01. The molecule has 0 saturated heterocycles. The van der Waals surface area contributed by atoms with Gasteiger partial charge in [-0.25, -0.2) is 0 Å². The van der Waals surface area contributed by atoms with Crippen molar-refractivity contribution in [1.82, 2.24) is 13.7 Å². The van der Waals surface area contributed by atoms with E-state index in [9.17, 15) is 9.59 Å². The van der Waals surface area contributed by atoms with E-state index in [1.54, 1.807) is 6.08 Å². The molecule has 2 aliphatic rings. The molecule has 4 aromatic carbocycles. The van der Waals surface area contributed by atoms with Crippen molar-refractivity contribution in [3.63, 3.8) is 0 Å². The van der Waals surface area contributed by atoms with Gasteiger partial charge in [0.15, 0.2) is 5.43 Å². The number of carbonyl (C=O) groups is 1. The summed E-state index contributed by atoms with van der Waals surface area (Å²) in [5.74, 6) is 0. The second kappa shape index (κ2) is 14.1. The van der Waals surface area contributed by atoms with Crippen LogP contribution in [-0.4, -0.2) is 27.0 Å². The number of pyridine rings is 1. The number of para-hydroxylation sites is 3. The molecule has 0 amide bonds. The van der Waals surface area contributed by atoms with Crippen LogP contribution in [-0.2, 0) is 24.9 Å². The highest BCUT2D eigenvalue weighted by Gasteiger charge is 2.21. The van der Waals surface area contributed by atoms with Crippen molar-refractivity contribution in [3.8, 4) is 11.1 Å². The number of aryl methyl sites for hydroxylation is 2. The number of rotatable bonds is 4. The Morgan fingerprint density at radius 1 is 0.643 bits per heavy atom. The van der Waals surface area contributed by atoms with E-state index >= 15 is 0 Å². The van der Waals surface area contributed by atoms with Crippen LogP contribution in [0.3, 0.4) is 0 Å². The molecule has 0 fully saturated rings.